The molecule has 0 spiro atoms. The van der Waals surface area contributed by atoms with E-state index in [9.17, 15) is 14.7 Å². The number of carboxylic acids is 1. The van der Waals surface area contributed by atoms with Gasteiger partial charge in [0.15, 0.2) is 5.65 Å². The summed E-state index contributed by atoms with van der Waals surface area (Å²) in [6, 6.07) is 3.41. The number of fused-ring (bicyclic) bond motifs is 2. The summed E-state index contributed by atoms with van der Waals surface area (Å²) in [5.41, 5.74) is 2.37. The molecule has 2 atom stereocenters. The zero-order chi connectivity index (χ0) is 23.8. The van der Waals surface area contributed by atoms with Gasteiger partial charge in [0.05, 0.1) is 24.1 Å². The van der Waals surface area contributed by atoms with Crippen molar-refractivity contribution in [2.45, 2.75) is 20.4 Å². The van der Waals surface area contributed by atoms with Gasteiger partial charge in [0.1, 0.15) is 0 Å². The van der Waals surface area contributed by atoms with E-state index in [1.165, 1.54) is 16.0 Å². The zero-order valence-electron chi connectivity index (χ0n) is 18.4. The summed E-state index contributed by atoms with van der Waals surface area (Å²) >= 11 is 1.27. The van der Waals surface area contributed by atoms with Crippen LogP contribution in [0.3, 0.4) is 0 Å². The van der Waals surface area contributed by atoms with Crippen LogP contribution in [0.15, 0.2) is 28.5 Å². The number of hydrogen-bond acceptors (Lipinski definition) is 8. The molecule has 2 fully saturated rings. The fourth-order valence-corrected chi connectivity index (χ4v) is 5.26. The van der Waals surface area contributed by atoms with Crippen molar-refractivity contribution in [2.24, 2.45) is 11.3 Å². The lowest BCUT2D eigenvalue weighted by atomic mass is 9.82. The van der Waals surface area contributed by atoms with Crippen LogP contribution in [0.25, 0.3) is 5.65 Å². The molecule has 12 heteroatoms. The Hall–Kier alpha value is -3.09. The van der Waals surface area contributed by atoms with E-state index in [1.807, 2.05) is 17.9 Å². The lowest BCUT2D eigenvalue weighted by molar-refractivity contribution is -0.134. The van der Waals surface area contributed by atoms with Gasteiger partial charge in [-0.25, -0.2) is 13.9 Å². The third kappa shape index (κ3) is 4.68. The lowest BCUT2D eigenvalue weighted by Gasteiger charge is -2.27. The molecule has 0 aromatic carbocycles. The summed E-state index contributed by atoms with van der Waals surface area (Å²) in [6.07, 6.45) is 1.60. The summed E-state index contributed by atoms with van der Waals surface area (Å²) in [7, 11) is 0. The van der Waals surface area contributed by atoms with Crippen LogP contribution in [0, 0.1) is 18.3 Å². The molecule has 5 rings (SSSR count). The number of rotatable bonds is 4. The zero-order valence-corrected chi connectivity index (χ0v) is 19.2. The third-order valence-electron chi connectivity index (χ3n) is 6.13. The number of carbonyl (C=O) groups excluding carboxylic acids is 1. The van der Waals surface area contributed by atoms with Gasteiger partial charge in [0.25, 0.3) is 17.4 Å². The summed E-state index contributed by atoms with van der Waals surface area (Å²) in [6.45, 7) is 6.15. The van der Waals surface area contributed by atoms with Crippen LogP contribution in [0.4, 0.5) is 0 Å². The van der Waals surface area contributed by atoms with Crippen molar-refractivity contribution in [2.75, 3.05) is 32.8 Å². The first-order valence-corrected chi connectivity index (χ1v) is 11.3. The minimum atomic E-state index is -0.833. The molecule has 3 aromatic rings. The lowest BCUT2D eigenvalue weighted by Crippen LogP contribution is -2.38. The highest BCUT2D eigenvalue weighted by Crippen LogP contribution is 2.43. The van der Waals surface area contributed by atoms with E-state index in [4.69, 9.17) is 9.90 Å². The van der Waals surface area contributed by atoms with Gasteiger partial charge in [-0.3, -0.25) is 24.4 Å². The van der Waals surface area contributed by atoms with Crippen molar-refractivity contribution in [3.8, 4) is 0 Å². The molecule has 176 valence electrons. The van der Waals surface area contributed by atoms with E-state index in [2.05, 4.69) is 19.4 Å². The SMILES string of the molecule is CC(=O)O.Cc1cc2nc(CN3CC4CN(C(=O)c5cnsc5)CC4(CO)C3)cc(=O)n2[nH]1. The Bertz CT molecular complexity index is 1220. The van der Waals surface area contributed by atoms with Crippen molar-refractivity contribution in [1.82, 2.24) is 28.8 Å². The van der Waals surface area contributed by atoms with Gasteiger partial charge in [-0.15, -0.1) is 0 Å². The molecular formula is C21H26N6O5S. The summed E-state index contributed by atoms with van der Waals surface area (Å²) in [5.74, 6) is -0.655. The number of likely N-dealkylation sites (tertiary alicyclic amines) is 2. The first-order chi connectivity index (χ1) is 15.7. The van der Waals surface area contributed by atoms with Crippen molar-refractivity contribution in [3.05, 3.63) is 51.0 Å². The predicted octanol–water partition coefficient (Wildman–Crippen LogP) is 0.445. The second-order valence-electron chi connectivity index (χ2n) is 8.72. The van der Waals surface area contributed by atoms with Gasteiger partial charge in [-0.1, -0.05) is 0 Å². The van der Waals surface area contributed by atoms with Gasteiger partial charge >= 0.3 is 0 Å². The normalized spacial score (nSPS) is 22.3. The molecular weight excluding hydrogens is 448 g/mol. The van der Waals surface area contributed by atoms with Gasteiger partial charge in [0, 0.05) is 68.3 Å². The molecule has 0 radical (unpaired) electrons. The molecule has 1 amide bonds. The average Bonchev–Trinajstić information content (AvgIpc) is 3.49. The van der Waals surface area contributed by atoms with E-state index >= 15 is 0 Å². The highest BCUT2D eigenvalue weighted by molar-refractivity contribution is 7.03. The number of aromatic nitrogens is 4. The quantitative estimate of drug-likeness (QED) is 0.494. The predicted molar refractivity (Wildman–Crippen MR) is 120 cm³/mol. The van der Waals surface area contributed by atoms with Crippen LogP contribution < -0.4 is 5.56 Å². The number of aliphatic hydroxyl groups excluding tert-OH is 1. The number of nitrogens with zero attached hydrogens (tertiary/aromatic N) is 5. The molecule has 2 aliphatic rings. The fraction of sp³-hybridized carbons (Fsp3) is 0.476. The van der Waals surface area contributed by atoms with Crippen LogP contribution in [0.5, 0.6) is 0 Å². The molecule has 3 aromatic heterocycles. The molecule has 2 unspecified atom stereocenters. The molecule has 33 heavy (non-hydrogen) atoms. The number of aliphatic carboxylic acids is 1. The number of hydrogen-bond donors (Lipinski definition) is 3. The summed E-state index contributed by atoms with van der Waals surface area (Å²) < 4.78 is 5.45. The maximum atomic E-state index is 12.7. The van der Waals surface area contributed by atoms with Gasteiger partial charge in [-0.05, 0) is 24.4 Å². The Morgan fingerprint density at radius 1 is 1.30 bits per heavy atom. The van der Waals surface area contributed by atoms with E-state index in [0.29, 0.717) is 37.4 Å². The number of carboxylic acid groups (broad SMARTS) is 1. The van der Waals surface area contributed by atoms with Crippen LogP contribution >= 0.6 is 11.5 Å². The monoisotopic (exact) mass is 474 g/mol. The van der Waals surface area contributed by atoms with Gasteiger partial charge < -0.3 is 15.1 Å². The van der Waals surface area contributed by atoms with Crippen LogP contribution in [-0.4, -0.2) is 83.6 Å². The Kier molecular flexibility index (Phi) is 6.32. The van der Waals surface area contributed by atoms with Gasteiger partial charge in [-0.2, -0.15) is 0 Å². The topological polar surface area (TPSA) is 144 Å². The van der Waals surface area contributed by atoms with E-state index in [0.717, 1.165) is 24.9 Å². The number of aliphatic hydroxyl groups is 1. The molecule has 3 N–H and O–H groups in total. The maximum absolute atomic E-state index is 12.7. The molecule has 0 bridgehead atoms. The highest BCUT2D eigenvalue weighted by Gasteiger charge is 2.53. The number of carbonyl (C=O) groups is 2. The van der Waals surface area contributed by atoms with Crippen LogP contribution in [0.2, 0.25) is 0 Å². The Morgan fingerprint density at radius 3 is 2.70 bits per heavy atom. The standard InChI is InChI=1S/C19H22N6O3S.C2H4O2/c1-12-2-16-21-15(3-17(27)25(16)22-12)7-23-5-14-6-24(10-19(14,9-23)11-26)18(28)13-4-20-29-8-13;1-2(3)4/h2-4,8,14,22,26H,5-7,9-11H2,1H3;1H3,(H,3,4). The second-order valence-corrected chi connectivity index (χ2v) is 9.38. The number of H-pyrrole nitrogens is 1. The van der Waals surface area contributed by atoms with Crippen molar-refractivity contribution in [3.63, 3.8) is 0 Å². The molecule has 11 nitrogen and oxygen atoms in total. The molecule has 5 heterocycles. The largest absolute Gasteiger partial charge is 0.481 e. The molecule has 2 saturated heterocycles. The molecule has 0 aliphatic carbocycles. The highest BCUT2D eigenvalue weighted by atomic mass is 32.1. The first-order valence-electron chi connectivity index (χ1n) is 10.5. The number of aromatic amines is 1. The van der Waals surface area contributed by atoms with E-state index in [1.54, 1.807) is 17.6 Å². The van der Waals surface area contributed by atoms with Crippen LogP contribution in [-0.2, 0) is 11.3 Å². The Labute approximate surface area is 193 Å². The summed E-state index contributed by atoms with van der Waals surface area (Å²) in [4.78, 5) is 42.7. The first kappa shape index (κ1) is 23.1. The smallest absolute Gasteiger partial charge is 0.300 e. The maximum Gasteiger partial charge on any atom is 0.300 e. The summed E-state index contributed by atoms with van der Waals surface area (Å²) in [5, 5.41) is 22.3. The fourth-order valence-electron chi connectivity index (χ4n) is 4.75. The van der Waals surface area contributed by atoms with Gasteiger partial charge in [0.2, 0.25) is 0 Å². The molecule has 0 saturated carbocycles. The van der Waals surface area contributed by atoms with Crippen molar-refractivity contribution >= 4 is 29.1 Å². The Balaban J connectivity index is 0.000000601. The van der Waals surface area contributed by atoms with Crippen molar-refractivity contribution in [1.29, 1.82) is 0 Å². The minimum Gasteiger partial charge on any atom is -0.481 e. The Morgan fingerprint density at radius 2 is 2.06 bits per heavy atom. The molecule has 2 aliphatic heterocycles. The van der Waals surface area contributed by atoms with Crippen LogP contribution in [0.1, 0.15) is 28.7 Å². The average molecular weight is 475 g/mol. The second kappa shape index (κ2) is 9.04. The number of aryl methyl sites for hydroxylation is 1. The number of nitrogens with one attached hydrogen (secondary N) is 1. The minimum absolute atomic E-state index is 0.0181. The van der Waals surface area contributed by atoms with E-state index < -0.39 is 5.97 Å². The van der Waals surface area contributed by atoms with E-state index in [-0.39, 0.29) is 29.4 Å². The van der Waals surface area contributed by atoms with Crippen molar-refractivity contribution < 1.29 is 19.8 Å². The third-order valence-corrected chi connectivity index (χ3v) is 6.71. The number of amides is 1.